The van der Waals surface area contributed by atoms with Crippen molar-refractivity contribution in [3.05, 3.63) is 198 Å². The van der Waals surface area contributed by atoms with Gasteiger partial charge in [-0.2, -0.15) is 0 Å². The minimum absolute atomic E-state index is 0.455. The standard InChI is InChI=1S/C49H29N3S/c1-2-15-31(16-3-1)45-35-20-8-12-24-41(35)50-48(51-45)52-42-29-28-40-47(44(42)36-27-26-30-14-4-5-17-32(30)46(36)52)53-43-25-13-11-23-39(43)49(40)37-21-9-6-18-33(37)34-19-7-10-22-38(34)49/h1-29H. The van der Waals surface area contributed by atoms with E-state index in [0.717, 1.165) is 33.2 Å². The van der Waals surface area contributed by atoms with E-state index >= 15 is 0 Å². The molecule has 0 fully saturated rings. The van der Waals surface area contributed by atoms with Crippen molar-refractivity contribution in [3.63, 3.8) is 0 Å². The van der Waals surface area contributed by atoms with Crippen LogP contribution >= 0.6 is 11.8 Å². The molecule has 3 nitrogen and oxygen atoms in total. The fraction of sp³-hybridized carbons (Fsp3) is 0.0204. The Kier molecular flexibility index (Phi) is 5.92. The smallest absolute Gasteiger partial charge is 0.235 e. The summed E-state index contributed by atoms with van der Waals surface area (Å²) in [6, 6.07) is 64.0. The Labute approximate surface area is 310 Å². The molecule has 3 heterocycles. The van der Waals surface area contributed by atoms with Crippen LogP contribution in [-0.4, -0.2) is 14.5 Å². The fourth-order valence-electron chi connectivity index (χ4n) is 9.36. The highest BCUT2D eigenvalue weighted by molar-refractivity contribution is 7.99. The summed E-state index contributed by atoms with van der Waals surface area (Å²) < 4.78 is 2.33. The van der Waals surface area contributed by atoms with E-state index in [9.17, 15) is 0 Å². The molecule has 0 unspecified atom stereocenters. The van der Waals surface area contributed by atoms with E-state index in [1.54, 1.807) is 0 Å². The SMILES string of the molecule is c1ccc(-c2nc(-n3c4ccc5c(c4c4ccc6ccccc6c43)Sc3ccccc3C53c4ccccc4-c4ccccc43)nc3ccccc23)cc1. The Morgan fingerprint density at radius 3 is 1.94 bits per heavy atom. The summed E-state index contributed by atoms with van der Waals surface area (Å²) in [7, 11) is 0. The summed E-state index contributed by atoms with van der Waals surface area (Å²) in [6.07, 6.45) is 0. The van der Waals surface area contributed by atoms with Crippen LogP contribution < -0.4 is 0 Å². The van der Waals surface area contributed by atoms with Gasteiger partial charge in [-0.05, 0) is 57.0 Å². The monoisotopic (exact) mass is 691 g/mol. The average molecular weight is 692 g/mol. The van der Waals surface area contributed by atoms with Crippen LogP contribution in [0.1, 0.15) is 22.3 Å². The first kappa shape index (κ1) is 29.1. The lowest BCUT2D eigenvalue weighted by atomic mass is 9.67. The summed E-state index contributed by atoms with van der Waals surface area (Å²) in [6.45, 7) is 0. The van der Waals surface area contributed by atoms with Crippen LogP contribution in [0.2, 0.25) is 0 Å². The van der Waals surface area contributed by atoms with Gasteiger partial charge in [0.2, 0.25) is 5.95 Å². The molecule has 0 atom stereocenters. The summed E-state index contributed by atoms with van der Waals surface area (Å²) in [5.41, 5.74) is 12.7. The minimum atomic E-state index is -0.455. The molecule has 12 rings (SSSR count). The molecule has 0 bridgehead atoms. The summed E-state index contributed by atoms with van der Waals surface area (Å²) in [4.78, 5) is 13.4. The molecule has 4 heteroatoms. The molecule has 1 aliphatic heterocycles. The van der Waals surface area contributed by atoms with Gasteiger partial charge in [0.1, 0.15) is 0 Å². The van der Waals surface area contributed by atoms with Crippen LogP contribution in [0.25, 0.3) is 71.8 Å². The number of para-hydroxylation sites is 1. The lowest BCUT2D eigenvalue weighted by Crippen LogP contribution is -2.32. The molecule has 2 aromatic heterocycles. The molecule has 246 valence electrons. The maximum Gasteiger partial charge on any atom is 0.235 e. The molecule has 0 N–H and O–H groups in total. The van der Waals surface area contributed by atoms with Crippen molar-refractivity contribution in [2.45, 2.75) is 15.2 Å². The first-order valence-electron chi connectivity index (χ1n) is 18.1. The number of hydrogen-bond acceptors (Lipinski definition) is 3. The van der Waals surface area contributed by atoms with Crippen molar-refractivity contribution < 1.29 is 0 Å². The molecular formula is C49H29N3S. The van der Waals surface area contributed by atoms with E-state index in [4.69, 9.17) is 9.97 Å². The van der Waals surface area contributed by atoms with E-state index in [0.29, 0.717) is 5.95 Å². The highest BCUT2D eigenvalue weighted by Gasteiger charge is 2.50. The fourth-order valence-corrected chi connectivity index (χ4v) is 10.7. The second-order valence-corrected chi connectivity index (χ2v) is 15.1. The highest BCUT2D eigenvalue weighted by atomic mass is 32.2. The van der Waals surface area contributed by atoms with Gasteiger partial charge >= 0.3 is 0 Å². The molecule has 1 aliphatic carbocycles. The number of nitrogens with zero attached hydrogens (tertiary/aromatic N) is 3. The second-order valence-electron chi connectivity index (χ2n) is 14.0. The van der Waals surface area contributed by atoms with Crippen molar-refractivity contribution in [3.8, 4) is 28.3 Å². The zero-order chi connectivity index (χ0) is 34.7. The topological polar surface area (TPSA) is 30.7 Å². The van der Waals surface area contributed by atoms with Gasteiger partial charge in [0.25, 0.3) is 0 Å². The van der Waals surface area contributed by atoms with Crippen molar-refractivity contribution in [2.24, 2.45) is 0 Å². The van der Waals surface area contributed by atoms with Crippen LogP contribution in [0.5, 0.6) is 0 Å². The van der Waals surface area contributed by atoms with Crippen LogP contribution in [0.4, 0.5) is 0 Å². The van der Waals surface area contributed by atoms with E-state index in [-0.39, 0.29) is 0 Å². The molecule has 0 radical (unpaired) electrons. The number of fused-ring (bicyclic) bond motifs is 16. The molecule has 1 spiro atoms. The van der Waals surface area contributed by atoms with Crippen LogP contribution in [0, 0.1) is 0 Å². The first-order chi connectivity index (χ1) is 26.3. The van der Waals surface area contributed by atoms with Gasteiger partial charge in [-0.1, -0.05) is 169 Å². The van der Waals surface area contributed by atoms with Gasteiger partial charge in [0, 0.05) is 36.9 Å². The average Bonchev–Trinajstić information content (AvgIpc) is 3.73. The normalized spacial score (nSPS) is 13.7. The van der Waals surface area contributed by atoms with Crippen molar-refractivity contribution in [1.29, 1.82) is 0 Å². The summed E-state index contributed by atoms with van der Waals surface area (Å²) in [5.74, 6) is 0.673. The Morgan fingerprint density at radius 2 is 1.13 bits per heavy atom. The second kappa shape index (κ2) is 10.8. The number of aromatic nitrogens is 3. The van der Waals surface area contributed by atoms with Crippen LogP contribution in [-0.2, 0) is 5.41 Å². The van der Waals surface area contributed by atoms with Gasteiger partial charge in [-0.3, -0.25) is 4.57 Å². The largest absolute Gasteiger partial charge is 0.277 e. The predicted octanol–water partition coefficient (Wildman–Crippen LogP) is 12.4. The van der Waals surface area contributed by atoms with Crippen molar-refractivity contribution in [1.82, 2.24) is 14.5 Å². The highest BCUT2D eigenvalue weighted by Crippen LogP contribution is 2.63. The number of rotatable bonds is 2. The Hall–Kier alpha value is -6.49. The van der Waals surface area contributed by atoms with E-state index in [1.165, 1.54) is 64.7 Å². The first-order valence-corrected chi connectivity index (χ1v) is 18.9. The molecule has 2 aliphatic rings. The van der Waals surface area contributed by atoms with Gasteiger partial charge in [0.15, 0.2) is 0 Å². The van der Waals surface area contributed by atoms with Gasteiger partial charge < -0.3 is 0 Å². The lowest BCUT2D eigenvalue weighted by molar-refractivity contribution is 0.726. The van der Waals surface area contributed by atoms with Crippen LogP contribution in [0.3, 0.4) is 0 Å². The van der Waals surface area contributed by atoms with E-state index in [2.05, 4.69) is 180 Å². The van der Waals surface area contributed by atoms with Gasteiger partial charge in [-0.25, -0.2) is 9.97 Å². The zero-order valence-electron chi connectivity index (χ0n) is 28.5. The lowest BCUT2D eigenvalue weighted by Gasteiger charge is -2.40. The Bertz CT molecular complexity index is 3110. The molecule has 53 heavy (non-hydrogen) atoms. The molecular weight excluding hydrogens is 663 g/mol. The third-order valence-corrected chi connectivity index (χ3v) is 12.7. The summed E-state index contributed by atoms with van der Waals surface area (Å²) in [5, 5.41) is 5.85. The molecule has 10 aromatic rings. The maximum absolute atomic E-state index is 5.44. The Balaban J connectivity index is 1.26. The molecule has 0 saturated heterocycles. The third kappa shape index (κ3) is 3.80. The van der Waals surface area contributed by atoms with Crippen molar-refractivity contribution >= 4 is 55.2 Å². The summed E-state index contributed by atoms with van der Waals surface area (Å²) >= 11 is 1.90. The zero-order valence-corrected chi connectivity index (χ0v) is 29.3. The Morgan fingerprint density at radius 1 is 0.472 bits per heavy atom. The maximum atomic E-state index is 5.44. The van der Waals surface area contributed by atoms with Crippen molar-refractivity contribution in [2.75, 3.05) is 0 Å². The van der Waals surface area contributed by atoms with Gasteiger partial charge in [0.05, 0.1) is 27.7 Å². The molecule has 8 aromatic carbocycles. The van der Waals surface area contributed by atoms with E-state index < -0.39 is 5.41 Å². The van der Waals surface area contributed by atoms with E-state index in [1.807, 2.05) is 11.8 Å². The molecule has 0 amide bonds. The minimum Gasteiger partial charge on any atom is -0.277 e. The number of hydrogen-bond donors (Lipinski definition) is 0. The quantitative estimate of drug-likeness (QED) is 0.181. The molecule has 0 saturated carbocycles. The van der Waals surface area contributed by atoms with Gasteiger partial charge in [-0.15, -0.1) is 0 Å². The number of benzene rings is 8. The van der Waals surface area contributed by atoms with Crippen LogP contribution in [0.15, 0.2) is 186 Å². The third-order valence-electron chi connectivity index (χ3n) is 11.5. The predicted molar refractivity (Wildman–Crippen MR) is 218 cm³/mol.